The Morgan fingerprint density at radius 2 is 1.91 bits per heavy atom. The van der Waals surface area contributed by atoms with E-state index in [9.17, 15) is 14.7 Å². The fraction of sp³-hybridized carbons (Fsp3) is 0.304. The van der Waals surface area contributed by atoms with Crippen LogP contribution in [0.2, 0.25) is 0 Å². The van der Waals surface area contributed by atoms with E-state index in [1.54, 1.807) is 42.5 Å². The van der Waals surface area contributed by atoms with Crippen molar-refractivity contribution >= 4 is 17.7 Å². The first-order chi connectivity index (χ1) is 15.5. The number of hydrogen-bond donors (Lipinski definition) is 4. The number of benzene rings is 2. The molecule has 32 heavy (non-hydrogen) atoms. The van der Waals surface area contributed by atoms with Gasteiger partial charge in [0.2, 0.25) is 0 Å². The number of phenols is 1. The molecule has 2 aromatic carbocycles. The average Bonchev–Trinajstić information content (AvgIpc) is 2.80. The average molecular weight is 444 g/mol. The van der Waals surface area contributed by atoms with Crippen molar-refractivity contribution in [3.05, 3.63) is 66.2 Å². The Kier molecular flexibility index (Phi) is 10.0. The summed E-state index contributed by atoms with van der Waals surface area (Å²) in [5.41, 5.74) is 2.60. The van der Waals surface area contributed by atoms with Crippen molar-refractivity contribution in [1.29, 1.82) is 0 Å². The molecule has 0 spiro atoms. The van der Waals surface area contributed by atoms with E-state index in [0.717, 1.165) is 0 Å². The number of carbonyl (C=O) groups is 2. The molecule has 0 aliphatic rings. The third kappa shape index (κ3) is 7.60. The minimum Gasteiger partial charge on any atom is -0.504 e. The first-order valence-electron chi connectivity index (χ1n) is 10.1. The van der Waals surface area contributed by atoms with Crippen LogP contribution in [0, 0.1) is 0 Å². The molecule has 0 aliphatic carbocycles. The van der Waals surface area contributed by atoms with Crippen molar-refractivity contribution in [2.45, 2.75) is 32.0 Å². The SMILES string of the molecule is CCO[C@H](CC/C=C/C(=O)NO)[C@H](OC(=O)Nc1ccccc1)c1ccc(OC)c(O)c1. The summed E-state index contributed by atoms with van der Waals surface area (Å²) in [6, 6.07) is 13.6. The smallest absolute Gasteiger partial charge is 0.412 e. The first kappa shape index (κ1) is 24.7. The second-order valence-electron chi connectivity index (χ2n) is 6.70. The van der Waals surface area contributed by atoms with Crippen LogP contribution in [0.4, 0.5) is 10.5 Å². The van der Waals surface area contributed by atoms with Crippen LogP contribution >= 0.6 is 0 Å². The molecule has 0 saturated heterocycles. The fourth-order valence-corrected chi connectivity index (χ4v) is 3.05. The van der Waals surface area contributed by atoms with Crippen molar-refractivity contribution in [1.82, 2.24) is 5.48 Å². The maximum atomic E-state index is 12.6. The number of aromatic hydroxyl groups is 1. The van der Waals surface area contributed by atoms with Gasteiger partial charge in [0, 0.05) is 18.4 Å². The number of nitrogens with one attached hydrogen (secondary N) is 2. The van der Waals surface area contributed by atoms with Gasteiger partial charge in [-0.05, 0) is 49.6 Å². The number of hydrogen-bond acceptors (Lipinski definition) is 7. The molecular weight excluding hydrogens is 416 g/mol. The predicted molar refractivity (Wildman–Crippen MR) is 118 cm³/mol. The van der Waals surface area contributed by atoms with Crippen LogP contribution in [0.15, 0.2) is 60.7 Å². The summed E-state index contributed by atoms with van der Waals surface area (Å²) in [7, 11) is 1.44. The molecule has 0 radical (unpaired) electrons. The lowest BCUT2D eigenvalue weighted by molar-refractivity contribution is -0.124. The molecule has 2 rings (SSSR count). The Hall–Kier alpha value is -3.56. The summed E-state index contributed by atoms with van der Waals surface area (Å²) in [5.74, 6) is -0.461. The van der Waals surface area contributed by atoms with Gasteiger partial charge in [0.15, 0.2) is 17.6 Å². The van der Waals surface area contributed by atoms with Crippen molar-refractivity contribution in [3.63, 3.8) is 0 Å². The van der Waals surface area contributed by atoms with Crippen molar-refractivity contribution in [2.24, 2.45) is 0 Å². The van der Waals surface area contributed by atoms with E-state index in [4.69, 9.17) is 19.4 Å². The molecule has 9 heteroatoms. The van der Waals surface area contributed by atoms with Crippen LogP contribution in [0.3, 0.4) is 0 Å². The van der Waals surface area contributed by atoms with Crippen LogP contribution in [0.1, 0.15) is 31.4 Å². The van der Waals surface area contributed by atoms with E-state index in [1.807, 2.05) is 13.0 Å². The quantitative estimate of drug-likeness (QED) is 0.235. The molecule has 2 aromatic rings. The van der Waals surface area contributed by atoms with Crippen molar-refractivity contribution in [3.8, 4) is 11.5 Å². The topological polar surface area (TPSA) is 126 Å². The molecule has 2 amide bonds. The standard InChI is InChI=1S/C23H28N2O7/c1-3-31-20(11-7-8-12-21(27)25-29)22(16-13-14-19(30-2)18(26)15-16)32-23(28)24-17-9-5-4-6-10-17/h4-6,8-10,12-15,20,22,26,29H,3,7,11H2,1-2H3,(H,24,28)(H,25,27)/b12-8+/t20-,22-/m1/s1. The number of methoxy groups -OCH3 is 1. The minimum atomic E-state index is -0.851. The van der Waals surface area contributed by atoms with Crippen LogP contribution in [0.25, 0.3) is 0 Å². The van der Waals surface area contributed by atoms with Gasteiger partial charge in [-0.3, -0.25) is 15.3 Å². The third-order valence-electron chi connectivity index (χ3n) is 4.50. The number of phenolic OH excluding ortho intramolecular Hbond substituents is 1. The number of carbonyl (C=O) groups excluding carboxylic acids is 2. The lowest BCUT2D eigenvalue weighted by Crippen LogP contribution is -2.29. The summed E-state index contributed by atoms with van der Waals surface area (Å²) in [6.07, 6.45) is 1.48. The Balaban J connectivity index is 2.25. The molecule has 4 N–H and O–H groups in total. The number of hydroxylamine groups is 1. The predicted octanol–water partition coefficient (Wildman–Crippen LogP) is 3.94. The number of amides is 2. The maximum absolute atomic E-state index is 12.6. The highest BCUT2D eigenvalue weighted by Gasteiger charge is 2.28. The van der Waals surface area contributed by atoms with Gasteiger partial charge in [-0.1, -0.05) is 30.3 Å². The number of ether oxygens (including phenoxy) is 3. The normalized spacial score (nSPS) is 12.7. The van der Waals surface area contributed by atoms with E-state index >= 15 is 0 Å². The van der Waals surface area contributed by atoms with Crippen LogP contribution < -0.4 is 15.5 Å². The molecule has 2 atom stereocenters. The van der Waals surface area contributed by atoms with Gasteiger partial charge >= 0.3 is 6.09 Å². The molecule has 172 valence electrons. The van der Waals surface area contributed by atoms with Gasteiger partial charge in [-0.15, -0.1) is 0 Å². The van der Waals surface area contributed by atoms with E-state index < -0.39 is 24.2 Å². The number of allylic oxidation sites excluding steroid dienone is 1. The van der Waals surface area contributed by atoms with Crippen LogP contribution in [0.5, 0.6) is 11.5 Å². The van der Waals surface area contributed by atoms with Gasteiger partial charge in [0.1, 0.15) is 0 Å². The molecule has 0 heterocycles. The number of anilines is 1. The zero-order chi connectivity index (χ0) is 23.3. The van der Waals surface area contributed by atoms with E-state index in [2.05, 4.69) is 5.32 Å². The number of rotatable bonds is 11. The Bertz CT molecular complexity index is 902. The highest BCUT2D eigenvalue weighted by atomic mass is 16.6. The summed E-state index contributed by atoms with van der Waals surface area (Å²) in [5, 5.41) is 21.5. The highest BCUT2D eigenvalue weighted by Crippen LogP contribution is 2.34. The molecule has 0 aromatic heterocycles. The highest BCUT2D eigenvalue weighted by molar-refractivity contribution is 5.86. The van der Waals surface area contributed by atoms with Gasteiger partial charge in [-0.25, -0.2) is 10.3 Å². The molecule has 0 saturated carbocycles. The van der Waals surface area contributed by atoms with Gasteiger partial charge < -0.3 is 19.3 Å². The second-order valence-corrected chi connectivity index (χ2v) is 6.70. The van der Waals surface area contributed by atoms with E-state index in [0.29, 0.717) is 30.7 Å². The lowest BCUT2D eigenvalue weighted by Gasteiger charge is -2.27. The molecule has 9 nitrogen and oxygen atoms in total. The van der Waals surface area contributed by atoms with E-state index in [1.165, 1.54) is 24.7 Å². The van der Waals surface area contributed by atoms with E-state index in [-0.39, 0.29) is 11.5 Å². The zero-order valence-corrected chi connectivity index (χ0v) is 18.0. The minimum absolute atomic E-state index is 0.100. The Labute approximate surface area is 186 Å². The second kappa shape index (κ2) is 13.0. The fourth-order valence-electron chi connectivity index (χ4n) is 3.05. The van der Waals surface area contributed by atoms with Gasteiger partial charge in [-0.2, -0.15) is 0 Å². The molecule has 0 unspecified atom stereocenters. The first-order valence-corrected chi connectivity index (χ1v) is 10.1. The van der Waals surface area contributed by atoms with Crippen LogP contribution in [-0.2, 0) is 14.3 Å². The molecule has 0 aliphatic heterocycles. The van der Waals surface area contributed by atoms with Crippen molar-refractivity contribution < 1.29 is 34.1 Å². The van der Waals surface area contributed by atoms with Gasteiger partial charge in [0.25, 0.3) is 5.91 Å². The Morgan fingerprint density at radius 3 is 2.53 bits per heavy atom. The molecule has 0 bridgehead atoms. The largest absolute Gasteiger partial charge is 0.504 e. The van der Waals surface area contributed by atoms with Gasteiger partial charge in [0.05, 0.1) is 13.2 Å². The Morgan fingerprint density at radius 1 is 1.16 bits per heavy atom. The lowest BCUT2D eigenvalue weighted by atomic mass is 9.99. The van der Waals surface area contributed by atoms with Crippen molar-refractivity contribution in [2.75, 3.05) is 19.0 Å². The maximum Gasteiger partial charge on any atom is 0.412 e. The molecule has 0 fully saturated rings. The summed E-state index contributed by atoms with van der Waals surface area (Å²) >= 11 is 0. The molecular formula is C23H28N2O7. The number of para-hydroxylation sites is 1. The zero-order valence-electron chi connectivity index (χ0n) is 18.0. The summed E-state index contributed by atoms with van der Waals surface area (Å²) in [4.78, 5) is 23.8. The summed E-state index contributed by atoms with van der Waals surface area (Å²) in [6.45, 7) is 2.17. The summed E-state index contributed by atoms with van der Waals surface area (Å²) < 4.78 is 16.6. The van der Waals surface area contributed by atoms with Crippen LogP contribution in [-0.4, -0.2) is 42.1 Å². The third-order valence-corrected chi connectivity index (χ3v) is 4.50. The monoisotopic (exact) mass is 444 g/mol.